The molecule has 0 amide bonds. The highest BCUT2D eigenvalue weighted by atomic mass is 16.5. The zero-order valence-corrected chi connectivity index (χ0v) is 71.0. The van der Waals surface area contributed by atoms with Gasteiger partial charge in [0.15, 0.2) is 31.1 Å². The van der Waals surface area contributed by atoms with Gasteiger partial charge in [-0.05, 0) is 239 Å². The van der Waals surface area contributed by atoms with Crippen LogP contribution in [0.15, 0.2) is 255 Å². The van der Waals surface area contributed by atoms with E-state index in [1.54, 1.807) is 0 Å². The molecule has 10 heteroatoms. The fraction of sp³-hybridized carbons (Fsp3) is 0.294. The summed E-state index contributed by atoms with van der Waals surface area (Å²) in [4.78, 5) is 0. The van der Waals surface area contributed by atoms with Crippen molar-refractivity contribution >= 4 is 59.5 Å². The molecule has 0 unspecified atom stereocenters. The maximum absolute atomic E-state index is 6.48. The van der Waals surface area contributed by atoms with E-state index < -0.39 is 0 Å². The van der Waals surface area contributed by atoms with Gasteiger partial charge in [-0.25, -0.2) is 0 Å². The van der Waals surface area contributed by atoms with Crippen molar-refractivity contribution in [3.8, 4) is 39.9 Å². The molecule has 12 aromatic carbocycles. The predicted molar refractivity (Wildman–Crippen MR) is 483 cm³/mol. The molecule has 5 heterocycles. The van der Waals surface area contributed by atoms with Gasteiger partial charge in [0.05, 0.1) is 27.8 Å². The molecular formula is C109H112N5O5+5. The zero-order valence-electron chi connectivity index (χ0n) is 71.0. The van der Waals surface area contributed by atoms with Crippen LogP contribution in [0.5, 0.6) is 28.7 Å². The highest BCUT2D eigenvalue weighted by molar-refractivity contribution is 5.89. The van der Waals surface area contributed by atoms with Gasteiger partial charge in [-0.3, -0.25) is 0 Å². The van der Waals surface area contributed by atoms with Gasteiger partial charge < -0.3 is 23.7 Å². The van der Waals surface area contributed by atoms with E-state index >= 15 is 0 Å². The first kappa shape index (κ1) is 78.2. The third-order valence-corrected chi connectivity index (χ3v) is 27.0. The summed E-state index contributed by atoms with van der Waals surface area (Å²) in [7, 11) is 0. The van der Waals surface area contributed by atoms with Crippen LogP contribution in [0.25, 0.3) is 11.1 Å². The van der Waals surface area contributed by atoms with Crippen molar-refractivity contribution in [2.24, 2.45) is 17.8 Å². The second kappa shape index (κ2) is 33.1. The molecule has 10 nitrogen and oxygen atoms in total. The maximum Gasteiger partial charge on any atom is 0.292 e. The molecule has 0 spiro atoms. The van der Waals surface area contributed by atoms with Gasteiger partial charge in [0.1, 0.15) is 28.7 Å². The summed E-state index contributed by atoms with van der Waals surface area (Å²) in [5, 5.41) is 0. The van der Waals surface area contributed by atoms with Crippen LogP contribution in [-0.2, 0) is 16.2 Å². The van der Waals surface area contributed by atoms with Crippen LogP contribution in [0.3, 0.4) is 0 Å². The molecule has 0 atom stereocenters. The van der Waals surface area contributed by atoms with E-state index in [9.17, 15) is 0 Å². The number of para-hydroxylation sites is 5. The standard InChI is InChI=1S/C29H24NO.C25H28NO.C22H26NO.C17H18NO.C16H16NO/c1-20-16-21-18-30(22-10-4-3-5-11-22)19-31-28(21)27(17-20)29(2)25-14-8-6-12-23(25)24-13-7-9-15-26(24)29;1-17-7-21-15-26(22-5-3-2-4-6-22)16-27-24(21)23(8-17)25-12-18-9-19(13-25)11-20(10-18)14-25;1-17-13-18-15-23(19-9-5-3-6-10-19)16-24-21(18)20(14-17)22(2)11-7-4-8-12-22;1-12-9-17-16(14(3)13(12)2)10-18(11-19-17)15-7-5-4-6-8-15;1-12-8-13(2)16-14(9-12)10-17(11-18-16)15-6-4-3-5-7-15/h3-18H,19H2,1-2H3;2-8,15,18-20H,9-14,16H2,1H3;3,5-6,9-10,13-15H,4,7-8,11-12,16H2,1-2H3;4-10H,11H2,1-3H3;3-10H,11H2,1-2H3/q5*+1. The van der Waals surface area contributed by atoms with Crippen molar-refractivity contribution in [1.82, 2.24) is 0 Å². The van der Waals surface area contributed by atoms with Crippen LogP contribution in [0.1, 0.15) is 185 Å². The van der Waals surface area contributed by atoms with Crippen LogP contribution < -0.4 is 23.7 Å². The summed E-state index contributed by atoms with van der Waals surface area (Å²) in [6, 6.07) is 90.0. The fourth-order valence-electron chi connectivity index (χ4n) is 21.3. The molecule has 4 bridgehead atoms. The van der Waals surface area contributed by atoms with E-state index in [0.29, 0.717) is 39.1 Å². The molecule has 0 saturated heterocycles. The lowest BCUT2D eigenvalue weighted by Crippen LogP contribution is -2.48. The zero-order chi connectivity index (χ0) is 81.5. The van der Waals surface area contributed by atoms with Crippen LogP contribution in [-0.4, -0.2) is 87.6 Å². The van der Waals surface area contributed by atoms with Crippen LogP contribution >= 0.6 is 0 Å². The summed E-state index contributed by atoms with van der Waals surface area (Å²) < 4.78 is 41.9. The van der Waals surface area contributed by atoms with E-state index in [2.05, 4.69) is 336 Å². The Balaban J connectivity index is 0.000000104. The Morgan fingerprint density at radius 2 is 0.630 bits per heavy atom. The molecule has 119 heavy (non-hydrogen) atoms. The molecule has 11 aliphatic rings. The topological polar surface area (TPSA) is 61.2 Å². The van der Waals surface area contributed by atoms with Crippen LogP contribution in [0, 0.1) is 73.1 Å². The molecule has 598 valence electrons. The van der Waals surface area contributed by atoms with E-state index in [0.717, 1.165) is 68.9 Å². The van der Waals surface area contributed by atoms with Gasteiger partial charge in [-0.15, -0.1) is 0 Å². The molecule has 5 fully saturated rings. The minimum atomic E-state index is -0.258. The second-order valence-corrected chi connectivity index (χ2v) is 35.6. The monoisotopic (exact) mass is 1570 g/mol. The van der Waals surface area contributed by atoms with Crippen molar-refractivity contribution in [2.45, 2.75) is 156 Å². The SMILES string of the molecule is Cc1cc(C)c2c(c1)C=[N+](c1ccccc1)CO2.Cc1cc2c(c(C)c1C)C=[N+](c1ccccc1)CO2.Cc1cc2c(c(C3(C)CCCCC3)c1)OC[N+](c1ccccc1)=C2.Cc1cc2c(c(C3(C)c4ccccc4-c4ccccc43)c1)OC[N+](c1ccccc1)=C2.Cc1cc2c(c(C34CC5CC(CC(C5)C3)C4)c1)OC[N+](c1ccccc1)=C2. The van der Waals surface area contributed by atoms with E-state index in [1.807, 2.05) is 42.5 Å². The van der Waals surface area contributed by atoms with E-state index in [-0.39, 0.29) is 10.8 Å². The number of benzene rings is 12. The lowest BCUT2D eigenvalue weighted by atomic mass is 9.48. The lowest BCUT2D eigenvalue weighted by molar-refractivity contribution is -0.476. The van der Waals surface area contributed by atoms with Gasteiger partial charge in [0, 0.05) is 82.8 Å². The van der Waals surface area contributed by atoms with Crippen molar-refractivity contribution in [3.63, 3.8) is 0 Å². The van der Waals surface area contributed by atoms with Crippen LogP contribution in [0.4, 0.5) is 28.4 Å². The molecule has 5 aliphatic heterocycles. The number of hydrogen-bond acceptors (Lipinski definition) is 5. The highest BCUT2D eigenvalue weighted by Gasteiger charge is 2.53. The summed E-state index contributed by atoms with van der Waals surface area (Å²) in [5.41, 5.74) is 32.0. The van der Waals surface area contributed by atoms with Gasteiger partial charge >= 0.3 is 0 Å². The second-order valence-electron chi connectivity index (χ2n) is 35.6. The largest absolute Gasteiger partial charge is 0.435 e. The Hall–Kier alpha value is -12.0. The third kappa shape index (κ3) is 15.7. The maximum atomic E-state index is 6.48. The minimum Gasteiger partial charge on any atom is -0.435 e. The number of fused-ring (bicyclic) bond motifs is 8. The van der Waals surface area contributed by atoms with E-state index in [4.69, 9.17) is 23.7 Å². The summed E-state index contributed by atoms with van der Waals surface area (Å²) in [6.07, 6.45) is 26.3. The van der Waals surface area contributed by atoms with Crippen molar-refractivity contribution in [3.05, 3.63) is 355 Å². The summed E-state index contributed by atoms with van der Waals surface area (Å²) in [6.45, 7) is 24.9. The molecule has 6 aliphatic carbocycles. The van der Waals surface area contributed by atoms with Crippen molar-refractivity contribution in [2.75, 3.05) is 33.7 Å². The Morgan fingerprint density at radius 3 is 1.06 bits per heavy atom. The van der Waals surface area contributed by atoms with Crippen molar-refractivity contribution < 1.29 is 46.6 Å². The smallest absolute Gasteiger partial charge is 0.292 e. The number of ether oxygens (including phenoxy) is 5. The van der Waals surface area contributed by atoms with Gasteiger partial charge in [0.25, 0.3) is 33.7 Å². The van der Waals surface area contributed by atoms with E-state index in [1.165, 1.54) is 188 Å². The number of nitrogens with zero attached hydrogens (tertiary/aromatic N) is 5. The quantitative estimate of drug-likeness (QED) is 0.142. The molecule has 0 N–H and O–H groups in total. The molecule has 5 saturated carbocycles. The lowest BCUT2D eigenvalue weighted by Gasteiger charge is -2.57. The molecule has 0 radical (unpaired) electrons. The Kier molecular flexibility index (Phi) is 21.7. The number of hydrogen-bond donors (Lipinski definition) is 0. The average molecular weight is 1570 g/mol. The highest BCUT2D eigenvalue weighted by Crippen LogP contribution is 2.63. The number of aryl methyl sites for hydroxylation is 6. The Morgan fingerprint density at radius 1 is 0.294 bits per heavy atom. The van der Waals surface area contributed by atoms with Crippen molar-refractivity contribution in [1.29, 1.82) is 0 Å². The van der Waals surface area contributed by atoms with Gasteiger partial charge in [0.2, 0.25) is 28.4 Å². The Labute approximate surface area is 704 Å². The summed E-state index contributed by atoms with van der Waals surface area (Å²) in [5.74, 6) is 8.15. The number of rotatable bonds is 8. The third-order valence-electron chi connectivity index (χ3n) is 27.0. The first-order valence-corrected chi connectivity index (χ1v) is 43.2. The normalized spacial score (nSPS) is 19.6. The molecule has 23 rings (SSSR count). The first-order valence-electron chi connectivity index (χ1n) is 43.2. The van der Waals surface area contributed by atoms with Gasteiger partial charge in [-0.1, -0.05) is 190 Å². The molecule has 0 aromatic heterocycles. The fourth-order valence-corrected chi connectivity index (χ4v) is 21.3. The summed E-state index contributed by atoms with van der Waals surface area (Å²) >= 11 is 0. The predicted octanol–water partition coefficient (Wildman–Crippen LogP) is 24.5. The molecule has 12 aromatic rings. The average Bonchev–Trinajstić information content (AvgIpc) is 1.65. The van der Waals surface area contributed by atoms with Crippen LogP contribution in [0.2, 0.25) is 0 Å². The van der Waals surface area contributed by atoms with Gasteiger partial charge in [-0.2, -0.15) is 22.9 Å². The first-order chi connectivity index (χ1) is 57.9. The molecular weight excluding hydrogens is 1460 g/mol. The minimum absolute atomic E-state index is 0.258. The Bertz CT molecular complexity index is 5910.